The molecule has 1 aliphatic carbocycles. The number of hydrogen-bond acceptors (Lipinski definition) is 5. The van der Waals surface area contributed by atoms with Crippen molar-refractivity contribution in [3.8, 4) is 0 Å². The summed E-state index contributed by atoms with van der Waals surface area (Å²) in [4.78, 5) is 5.01. The van der Waals surface area contributed by atoms with Crippen molar-refractivity contribution >= 4 is 32.1 Å². The first-order chi connectivity index (χ1) is 8.95. The summed E-state index contributed by atoms with van der Waals surface area (Å²) in [5, 5.41) is 5.06. The molecule has 3 rings (SSSR count). The Hall–Kier alpha value is -1.12. The number of rotatable bonds is 5. The lowest BCUT2D eigenvalue weighted by Gasteiger charge is -2.12. The van der Waals surface area contributed by atoms with E-state index in [2.05, 4.69) is 15.0 Å². The van der Waals surface area contributed by atoms with Gasteiger partial charge in [-0.1, -0.05) is 0 Å². The molecule has 6 nitrogen and oxygen atoms in total. The Morgan fingerprint density at radius 2 is 2.26 bits per heavy atom. The lowest BCUT2D eigenvalue weighted by atomic mass is 10.4. The van der Waals surface area contributed by atoms with Gasteiger partial charge in [0.15, 0.2) is 15.8 Å². The predicted octanol–water partition coefficient (Wildman–Crippen LogP) is 1.66. The van der Waals surface area contributed by atoms with Gasteiger partial charge in [0.1, 0.15) is 0 Å². The third-order valence-corrected chi connectivity index (χ3v) is 5.62. The summed E-state index contributed by atoms with van der Waals surface area (Å²) in [6, 6.07) is 0. The number of imidazole rings is 1. The molecule has 8 heteroatoms. The zero-order valence-electron chi connectivity index (χ0n) is 10.8. The van der Waals surface area contributed by atoms with E-state index in [4.69, 9.17) is 0 Å². The van der Waals surface area contributed by atoms with Crippen LogP contribution in [0.3, 0.4) is 0 Å². The van der Waals surface area contributed by atoms with Gasteiger partial charge in [-0.15, -0.1) is 11.3 Å². The van der Waals surface area contributed by atoms with E-state index in [9.17, 15) is 8.42 Å². The first kappa shape index (κ1) is 12.9. The maximum atomic E-state index is 12.5. The SMILES string of the molecule is CCNc1nc2sccn2c1S(=O)(=O)NC1(C)CC1. The fraction of sp³-hybridized carbons (Fsp3) is 0.545. The van der Waals surface area contributed by atoms with Crippen LogP contribution in [0.1, 0.15) is 26.7 Å². The molecule has 1 saturated carbocycles. The summed E-state index contributed by atoms with van der Waals surface area (Å²) in [6.07, 6.45) is 3.50. The van der Waals surface area contributed by atoms with Crippen LogP contribution in [-0.4, -0.2) is 29.9 Å². The van der Waals surface area contributed by atoms with Crippen LogP contribution in [0, 0.1) is 0 Å². The van der Waals surface area contributed by atoms with Crippen molar-refractivity contribution in [3.05, 3.63) is 11.6 Å². The molecule has 104 valence electrons. The molecule has 0 radical (unpaired) electrons. The lowest BCUT2D eigenvalue weighted by molar-refractivity contribution is 0.554. The highest BCUT2D eigenvalue weighted by Gasteiger charge is 2.42. The van der Waals surface area contributed by atoms with Gasteiger partial charge in [0.05, 0.1) is 0 Å². The van der Waals surface area contributed by atoms with Gasteiger partial charge in [0.2, 0.25) is 0 Å². The topological polar surface area (TPSA) is 75.5 Å². The highest BCUT2D eigenvalue weighted by molar-refractivity contribution is 7.89. The molecular formula is C11H16N4O2S2. The molecule has 2 N–H and O–H groups in total. The summed E-state index contributed by atoms with van der Waals surface area (Å²) in [7, 11) is -3.57. The van der Waals surface area contributed by atoms with E-state index in [1.807, 2.05) is 19.2 Å². The van der Waals surface area contributed by atoms with Gasteiger partial charge in [-0.3, -0.25) is 4.40 Å². The fourth-order valence-electron chi connectivity index (χ4n) is 1.97. The van der Waals surface area contributed by atoms with E-state index in [1.54, 1.807) is 10.6 Å². The smallest absolute Gasteiger partial charge is 0.260 e. The molecule has 0 saturated heterocycles. The zero-order chi connectivity index (χ0) is 13.7. The van der Waals surface area contributed by atoms with Crippen molar-refractivity contribution in [2.45, 2.75) is 37.3 Å². The molecule has 0 aromatic carbocycles. The maximum absolute atomic E-state index is 12.5. The quantitative estimate of drug-likeness (QED) is 0.880. The second kappa shape index (κ2) is 4.19. The van der Waals surface area contributed by atoms with Crippen molar-refractivity contribution in [1.82, 2.24) is 14.1 Å². The molecule has 0 unspecified atom stereocenters. The zero-order valence-corrected chi connectivity index (χ0v) is 12.4. The molecule has 0 amide bonds. The predicted molar refractivity (Wildman–Crippen MR) is 75.2 cm³/mol. The number of nitrogens with one attached hydrogen (secondary N) is 2. The van der Waals surface area contributed by atoms with Crippen LogP contribution >= 0.6 is 11.3 Å². The van der Waals surface area contributed by atoms with Crippen LogP contribution < -0.4 is 10.0 Å². The Balaban J connectivity index is 2.10. The van der Waals surface area contributed by atoms with Crippen molar-refractivity contribution in [2.75, 3.05) is 11.9 Å². The second-order valence-electron chi connectivity index (χ2n) is 5.02. The Bertz CT molecular complexity index is 712. The highest BCUT2D eigenvalue weighted by Crippen LogP contribution is 2.37. The van der Waals surface area contributed by atoms with Gasteiger partial charge in [-0.05, 0) is 26.7 Å². The van der Waals surface area contributed by atoms with E-state index in [-0.39, 0.29) is 10.6 Å². The third-order valence-electron chi connectivity index (χ3n) is 3.20. The van der Waals surface area contributed by atoms with E-state index in [0.29, 0.717) is 17.3 Å². The van der Waals surface area contributed by atoms with Crippen molar-refractivity contribution < 1.29 is 8.42 Å². The minimum atomic E-state index is -3.57. The number of sulfonamides is 1. The summed E-state index contributed by atoms with van der Waals surface area (Å²) in [6.45, 7) is 4.47. The van der Waals surface area contributed by atoms with Crippen LogP contribution in [0.5, 0.6) is 0 Å². The van der Waals surface area contributed by atoms with E-state index in [0.717, 1.165) is 12.8 Å². The maximum Gasteiger partial charge on any atom is 0.260 e. The summed E-state index contributed by atoms with van der Waals surface area (Å²) in [5.74, 6) is 0.422. The Morgan fingerprint density at radius 3 is 2.89 bits per heavy atom. The molecule has 2 heterocycles. The monoisotopic (exact) mass is 300 g/mol. The van der Waals surface area contributed by atoms with Crippen LogP contribution in [0.2, 0.25) is 0 Å². The first-order valence-corrected chi connectivity index (χ1v) is 8.55. The Morgan fingerprint density at radius 1 is 1.53 bits per heavy atom. The van der Waals surface area contributed by atoms with Gasteiger partial charge in [-0.25, -0.2) is 18.1 Å². The van der Waals surface area contributed by atoms with Gasteiger partial charge in [0, 0.05) is 23.7 Å². The van der Waals surface area contributed by atoms with E-state index < -0.39 is 10.0 Å². The Labute approximate surface area is 115 Å². The van der Waals surface area contributed by atoms with Gasteiger partial charge in [0.25, 0.3) is 10.0 Å². The van der Waals surface area contributed by atoms with Gasteiger partial charge < -0.3 is 5.32 Å². The van der Waals surface area contributed by atoms with Crippen molar-refractivity contribution in [3.63, 3.8) is 0 Å². The summed E-state index contributed by atoms with van der Waals surface area (Å²) in [5.41, 5.74) is -0.289. The molecule has 2 aromatic rings. The van der Waals surface area contributed by atoms with Gasteiger partial charge >= 0.3 is 0 Å². The van der Waals surface area contributed by atoms with Crippen molar-refractivity contribution in [1.29, 1.82) is 0 Å². The number of hydrogen-bond donors (Lipinski definition) is 2. The molecular weight excluding hydrogens is 284 g/mol. The van der Waals surface area contributed by atoms with Crippen LogP contribution in [0.25, 0.3) is 4.96 Å². The number of fused-ring (bicyclic) bond motifs is 1. The lowest BCUT2D eigenvalue weighted by Crippen LogP contribution is -2.35. The Kier molecular flexibility index (Phi) is 2.84. The minimum Gasteiger partial charge on any atom is -0.368 e. The first-order valence-electron chi connectivity index (χ1n) is 6.19. The number of aromatic nitrogens is 2. The number of anilines is 1. The molecule has 1 aliphatic rings. The molecule has 0 bridgehead atoms. The van der Waals surface area contributed by atoms with Crippen LogP contribution in [0.15, 0.2) is 16.6 Å². The highest BCUT2D eigenvalue weighted by atomic mass is 32.2. The third kappa shape index (κ3) is 2.24. The molecule has 1 fully saturated rings. The average molecular weight is 300 g/mol. The molecule has 19 heavy (non-hydrogen) atoms. The molecule has 0 atom stereocenters. The van der Waals surface area contributed by atoms with Gasteiger partial charge in [-0.2, -0.15) is 0 Å². The van der Waals surface area contributed by atoms with E-state index >= 15 is 0 Å². The number of thiazole rings is 1. The second-order valence-corrected chi connectivity index (χ2v) is 7.49. The summed E-state index contributed by atoms with van der Waals surface area (Å²) < 4.78 is 29.5. The normalized spacial score (nSPS) is 17.8. The average Bonchev–Trinajstić information content (AvgIpc) is 2.74. The standard InChI is InChI=1S/C11H16N4O2S2/c1-3-12-8-9(15-6-7-18-10(15)13-8)19(16,17)14-11(2)4-5-11/h6-7,12,14H,3-5H2,1-2H3. The summed E-state index contributed by atoms with van der Waals surface area (Å²) >= 11 is 1.42. The van der Waals surface area contributed by atoms with Crippen molar-refractivity contribution in [2.24, 2.45) is 0 Å². The minimum absolute atomic E-state index is 0.207. The van der Waals surface area contributed by atoms with Crippen LogP contribution in [0.4, 0.5) is 5.82 Å². The molecule has 0 spiro atoms. The number of nitrogens with zero attached hydrogens (tertiary/aromatic N) is 2. The molecule has 0 aliphatic heterocycles. The van der Waals surface area contributed by atoms with E-state index in [1.165, 1.54) is 11.3 Å². The van der Waals surface area contributed by atoms with Crippen LogP contribution in [-0.2, 0) is 10.0 Å². The fourth-order valence-corrected chi connectivity index (χ4v) is 4.47. The molecule has 2 aromatic heterocycles. The largest absolute Gasteiger partial charge is 0.368 e.